The fraction of sp³-hybridized carbons (Fsp3) is 0.429. The number of likely N-dealkylation sites (tertiary alicyclic amines) is 1. The molecule has 2 aromatic carbocycles. The number of rotatable bonds is 8. The smallest absolute Gasteiger partial charge is 0.241 e. The van der Waals surface area contributed by atoms with E-state index in [1.54, 1.807) is 0 Å². The zero-order valence-corrected chi connectivity index (χ0v) is 21.6. The van der Waals surface area contributed by atoms with Crippen molar-refractivity contribution in [2.45, 2.75) is 71.9 Å². The molecule has 1 aliphatic heterocycles. The van der Waals surface area contributed by atoms with Gasteiger partial charge in [0.2, 0.25) is 11.8 Å². The van der Waals surface area contributed by atoms with Crippen LogP contribution >= 0.6 is 12.4 Å². The number of allylic oxidation sites excluding steroid dienone is 1. The number of piperidine rings is 1. The molecule has 1 aliphatic rings. The molecule has 1 saturated heterocycles. The highest BCUT2D eigenvalue weighted by Crippen LogP contribution is 2.28. The Bertz CT molecular complexity index is 907. The van der Waals surface area contributed by atoms with Crippen molar-refractivity contribution in [2.75, 3.05) is 17.2 Å². The Morgan fingerprint density at radius 1 is 0.882 bits per heavy atom. The third-order valence-corrected chi connectivity index (χ3v) is 6.64. The van der Waals surface area contributed by atoms with E-state index in [0.717, 1.165) is 65.7 Å². The highest BCUT2D eigenvalue weighted by atomic mass is 35.5. The van der Waals surface area contributed by atoms with Gasteiger partial charge in [0.1, 0.15) is 0 Å². The first kappa shape index (κ1) is 27.6. The first-order valence-corrected chi connectivity index (χ1v) is 11.9. The zero-order valence-electron chi connectivity index (χ0n) is 20.8. The lowest BCUT2D eigenvalue weighted by molar-refractivity contribution is -0.130. The molecule has 184 valence electrons. The van der Waals surface area contributed by atoms with Gasteiger partial charge in [-0.25, -0.2) is 0 Å². The van der Waals surface area contributed by atoms with E-state index in [9.17, 15) is 9.59 Å². The number of nitrogens with one attached hydrogen (secondary N) is 2. The number of anilines is 2. The van der Waals surface area contributed by atoms with Gasteiger partial charge in [-0.3, -0.25) is 14.5 Å². The van der Waals surface area contributed by atoms with Crippen LogP contribution in [0.15, 0.2) is 49.1 Å². The second-order valence-electron chi connectivity index (χ2n) is 9.14. The Morgan fingerprint density at radius 2 is 1.29 bits per heavy atom. The van der Waals surface area contributed by atoms with Crippen LogP contribution in [0.4, 0.5) is 11.4 Å². The molecule has 2 N–H and O–H groups in total. The lowest BCUT2D eigenvalue weighted by Crippen LogP contribution is -2.56. The molecule has 6 heteroatoms. The first-order valence-electron chi connectivity index (χ1n) is 11.9. The van der Waals surface area contributed by atoms with E-state index in [1.807, 2.05) is 70.2 Å². The molecule has 1 fully saturated rings. The molecule has 0 aliphatic carbocycles. The molecule has 1 heterocycles. The SMILES string of the molecule is C=CCCCN1[C@@H](C(=O)Nc2c(C)cccc2C)CCC[C@H]1C(=O)Nc1c(C)cccc1C.Cl. The van der Waals surface area contributed by atoms with Crippen molar-refractivity contribution in [3.8, 4) is 0 Å². The van der Waals surface area contributed by atoms with Gasteiger partial charge in [-0.1, -0.05) is 42.5 Å². The van der Waals surface area contributed by atoms with Crippen LogP contribution in [0.3, 0.4) is 0 Å². The summed E-state index contributed by atoms with van der Waals surface area (Å²) in [6.07, 6.45) is 5.95. The summed E-state index contributed by atoms with van der Waals surface area (Å²) in [4.78, 5) is 29.0. The molecular weight excluding hydrogens is 446 g/mol. The summed E-state index contributed by atoms with van der Waals surface area (Å²) in [7, 11) is 0. The molecule has 34 heavy (non-hydrogen) atoms. The molecule has 0 unspecified atom stereocenters. The van der Waals surface area contributed by atoms with Crippen molar-refractivity contribution >= 4 is 35.6 Å². The Balaban J connectivity index is 0.00000408. The van der Waals surface area contributed by atoms with E-state index in [1.165, 1.54) is 0 Å². The summed E-state index contributed by atoms with van der Waals surface area (Å²) < 4.78 is 0. The van der Waals surface area contributed by atoms with E-state index in [4.69, 9.17) is 0 Å². The predicted molar refractivity (Wildman–Crippen MR) is 144 cm³/mol. The number of para-hydroxylation sites is 2. The number of hydrogen-bond acceptors (Lipinski definition) is 3. The molecule has 0 radical (unpaired) electrons. The van der Waals surface area contributed by atoms with Gasteiger partial charge in [0.05, 0.1) is 12.1 Å². The summed E-state index contributed by atoms with van der Waals surface area (Å²) in [5.41, 5.74) is 5.91. The molecule has 0 aromatic heterocycles. The second-order valence-corrected chi connectivity index (χ2v) is 9.14. The van der Waals surface area contributed by atoms with Crippen molar-refractivity contribution in [3.05, 3.63) is 71.3 Å². The molecular formula is C28H38ClN3O2. The van der Waals surface area contributed by atoms with Gasteiger partial charge in [-0.05, 0) is 82.1 Å². The Morgan fingerprint density at radius 3 is 1.68 bits per heavy atom. The number of unbranched alkanes of at least 4 members (excludes halogenated alkanes) is 1. The van der Waals surface area contributed by atoms with Crippen LogP contribution < -0.4 is 10.6 Å². The number of nitrogens with zero attached hydrogens (tertiary/aromatic N) is 1. The normalized spacial score (nSPS) is 18.0. The van der Waals surface area contributed by atoms with Crippen LogP contribution in [0.25, 0.3) is 0 Å². The number of carbonyl (C=O) groups is 2. The van der Waals surface area contributed by atoms with Crippen LogP contribution in [0.5, 0.6) is 0 Å². The van der Waals surface area contributed by atoms with Gasteiger partial charge in [-0.15, -0.1) is 19.0 Å². The molecule has 0 bridgehead atoms. The largest absolute Gasteiger partial charge is 0.324 e. The highest BCUT2D eigenvalue weighted by molar-refractivity contribution is 5.99. The molecule has 5 nitrogen and oxygen atoms in total. The molecule has 2 aromatic rings. The Kier molecular flexibility index (Phi) is 10.3. The van der Waals surface area contributed by atoms with Gasteiger partial charge < -0.3 is 10.6 Å². The summed E-state index contributed by atoms with van der Waals surface area (Å²) >= 11 is 0. The summed E-state index contributed by atoms with van der Waals surface area (Å²) in [5, 5.41) is 6.33. The van der Waals surface area contributed by atoms with Gasteiger partial charge in [-0.2, -0.15) is 0 Å². The summed E-state index contributed by atoms with van der Waals surface area (Å²) in [6.45, 7) is 12.5. The minimum Gasteiger partial charge on any atom is -0.324 e. The first-order chi connectivity index (χ1) is 15.8. The summed E-state index contributed by atoms with van der Waals surface area (Å²) in [5.74, 6) is -0.0637. The fourth-order valence-electron chi connectivity index (χ4n) is 4.78. The number of amides is 2. The van der Waals surface area contributed by atoms with Crippen molar-refractivity contribution < 1.29 is 9.59 Å². The van der Waals surface area contributed by atoms with Gasteiger partial charge in [0.15, 0.2) is 0 Å². The van der Waals surface area contributed by atoms with Crippen LogP contribution in [0, 0.1) is 27.7 Å². The number of aryl methyl sites for hydroxylation is 4. The number of benzene rings is 2. The Labute approximate surface area is 210 Å². The average molecular weight is 484 g/mol. The minimum atomic E-state index is -0.337. The number of carbonyl (C=O) groups excluding carboxylic acids is 2. The van der Waals surface area contributed by atoms with Crippen LogP contribution in [0.2, 0.25) is 0 Å². The quantitative estimate of drug-likeness (QED) is 0.352. The van der Waals surface area contributed by atoms with Crippen LogP contribution in [0.1, 0.15) is 54.4 Å². The van der Waals surface area contributed by atoms with Crippen molar-refractivity contribution in [2.24, 2.45) is 0 Å². The molecule has 2 atom stereocenters. The van der Waals surface area contributed by atoms with E-state index in [2.05, 4.69) is 22.1 Å². The van der Waals surface area contributed by atoms with Crippen molar-refractivity contribution in [3.63, 3.8) is 0 Å². The highest BCUT2D eigenvalue weighted by Gasteiger charge is 2.38. The van der Waals surface area contributed by atoms with Gasteiger partial charge in [0.25, 0.3) is 0 Å². The third kappa shape index (κ3) is 6.49. The van der Waals surface area contributed by atoms with E-state index >= 15 is 0 Å². The molecule has 0 saturated carbocycles. The number of hydrogen-bond donors (Lipinski definition) is 2. The minimum absolute atomic E-state index is 0. The Hall–Kier alpha value is -2.63. The second kappa shape index (κ2) is 12.7. The standard InChI is InChI=1S/C28H37N3O2.ClH/c1-6-7-8-18-31-23(27(32)29-25-19(2)12-9-13-20(25)3)16-11-17-24(31)28(33)30-26-21(4)14-10-15-22(26)5;/h6,9-10,12-15,23-24H,1,7-8,11,16-18H2,2-5H3,(H,29,32)(H,30,33);1H/t23-,24+;. The maximum Gasteiger partial charge on any atom is 0.241 e. The van der Waals surface area contributed by atoms with Gasteiger partial charge in [0, 0.05) is 17.9 Å². The summed E-state index contributed by atoms with van der Waals surface area (Å²) in [6, 6.07) is 11.3. The van der Waals surface area contributed by atoms with Gasteiger partial charge >= 0.3 is 0 Å². The third-order valence-electron chi connectivity index (χ3n) is 6.64. The maximum atomic E-state index is 13.4. The fourth-order valence-corrected chi connectivity index (χ4v) is 4.78. The lowest BCUT2D eigenvalue weighted by atomic mass is 9.93. The molecule has 3 rings (SSSR count). The zero-order chi connectivity index (χ0) is 24.0. The maximum absolute atomic E-state index is 13.4. The van der Waals surface area contributed by atoms with E-state index < -0.39 is 0 Å². The monoisotopic (exact) mass is 483 g/mol. The molecule has 2 amide bonds. The number of halogens is 1. The van der Waals surface area contributed by atoms with E-state index in [-0.39, 0.29) is 36.3 Å². The molecule has 0 spiro atoms. The predicted octanol–water partition coefficient (Wildman–Crippen LogP) is 6.11. The van der Waals surface area contributed by atoms with Crippen molar-refractivity contribution in [1.29, 1.82) is 0 Å². The average Bonchev–Trinajstić information content (AvgIpc) is 2.79. The van der Waals surface area contributed by atoms with Crippen molar-refractivity contribution in [1.82, 2.24) is 4.90 Å². The van der Waals surface area contributed by atoms with E-state index in [0.29, 0.717) is 6.54 Å². The van der Waals surface area contributed by atoms with Crippen LogP contribution in [-0.4, -0.2) is 35.3 Å². The van der Waals surface area contributed by atoms with Crippen LogP contribution in [-0.2, 0) is 9.59 Å². The lowest BCUT2D eigenvalue weighted by Gasteiger charge is -2.40. The topological polar surface area (TPSA) is 61.4 Å².